The zero-order valence-corrected chi connectivity index (χ0v) is 11.2. The average Bonchev–Trinajstić information content (AvgIpc) is 2.79. The summed E-state index contributed by atoms with van der Waals surface area (Å²) in [5.74, 6) is -0.731. The first-order valence-electron chi connectivity index (χ1n) is 6.66. The molecule has 2 aromatic rings. The molecule has 1 aliphatic heterocycles. The van der Waals surface area contributed by atoms with Crippen LogP contribution in [-0.2, 0) is 11.3 Å². The lowest BCUT2D eigenvalue weighted by Crippen LogP contribution is -2.59. The number of nitrogens with zero attached hydrogens (tertiary/aromatic N) is 1. The first-order valence-corrected chi connectivity index (χ1v) is 6.66. The number of hydrogen-bond acceptors (Lipinski definition) is 3. The molecule has 1 saturated heterocycles. The molecule has 0 bridgehead atoms. The molecule has 0 amide bonds. The number of benzene rings is 1. The monoisotopic (exact) mass is 271 g/mol. The normalized spacial score (nSPS) is 17.8. The average molecular weight is 271 g/mol. The molecule has 0 unspecified atom stereocenters. The second-order valence-corrected chi connectivity index (χ2v) is 5.48. The van der Waals surface area contributed by atoms with Gasteiger partial charge in [0.1, 0.15) is 5.58 Å². The topological polar surface area (TPSA) is 53.7 Å². The maximum absolute atomic E-state index is 11.4. The number of fused-ring (bicyclic) bond motifs is 1. The van der Waals surface area contributed by atoms with Gasteiger partial charge in [-0.1, -0.05) is 24.3 Å². The van der Waals surface area contributed by atoms with Gasteiger partial charge in [0.15, 0.2) is 0 Å². The highest BCUT2D eigenvalue weighted by molar-refractivity contribution is 5.81. The highest BCUT2D eigenvalue weighted by atomic mass is 16.4. The van der Waals surface area contributed by atoms with Crippen LogP contribution in [0.2, 0.25) is 0 Å². The van der Waals surface area contributed by atoms with Crippen molar-refractivity contribution in [3.63, 3.8) is 0 Å². The minimum absolute atomic E-state index is 0.519. The van der Waals surface area contributed by atoms with E-state index >= 15 is 0 Å². The van der Waals surface area contributed by atoms with Crippen LogP contribution < -0.4 is 0 Å². The molecule has 0 aliphatic carbocycles. The summed E-state index contributed by atoms with van der Waals surface area (Å²) in [6, 6.07) is 7.89. The van der Waals surface area contributed by atoms with Crippen molar-refractivity contribution in [2.45, 2.75) is 13.0 Å². The number of rotatable bonds is 5. The van der Waals surface area contributed by atoms with Crippen molar-refractivity contribution in [1.29, 1.82) is 0 Å². The summed E-state index contributed by atoms with van der Waals surface area (Å²) < 4.78 is 5.51. The van der Waals surface area contributed by atoms with Crippen molar-refractivity contribution in [2.75, 3.05) is 13.1 Å². The molecule has 104 valence electrons. The number of furan rings is 1. The van der Waals surface area contributed by atoms with Crippen LogP contribution in [0, 0.1) is 5.41 Å². The van der Waals surface area contributed by atoms with E-state index < -0.39 is 11.4 Å². The van der Waals surface area contributed by atoms with Gasteiger partial charge in [-0.2, -0.15) is 0 Å². The van der Waals surface area contributed by atoms with Crippen LogP contribution >= 0.6 is 0 Å². The van der Waals surface area contributed by atoms with Crippen molar-refractivity contribution in [1.82, 2.24) is 4.90 Å². The fraction of sp³-hybridized carbons (Fsp3) is 0.312. The molecule has 0 saturated carbocycles. The third-order valence-corrected chi connectivity index (χ3v) is 4.00. The van der Waals surface area contributed by atoms with E-state index in [0.717, 1.165) is 23.1 Å². The summed E-state index contributed by atoms with van der Waals surface area (Å²) >= 11 is 0. The van der Waals surface area contributed by atoms with Crippen LogP contribution in [0.25, 0.3) is 11.0 Å². The quantitative estimate of drug-likeness (QED) is 0.850. The zero-order chi connectivity index (χ0) is 14.2. The van der Waals surface area contributed by atoms with Gasteiger partial charge in [-0.3, -0.25) is 9.69 Å². The molecule has 0 radical (unpaired) electrons. The Balaban J connectivity index is 1.72. The largest absolute Gasteiger partial charge is 0.481 e. The van der Waals surface area contributed by atoms with E-state index in [9.17, 15) is 9.90 Å². The van der Waals surface area contributed by atoms with Crippen molar-refractivity contribution in [3.8, 4) is 0 Å². The molecule has 1 aliphatic rings. The molecule has 2 heterocycles. The predicted octanol–water partition coefficient (Wildman–Crippen LogP) is 2.90. The highest BCUT2D eigenvalue weighted by Crippen LogP contribution is 2.36. The third-order valence-electron chi connectivity index (χ3n) is 4.00. The van der Waals surface area contributed by atoms with E-state index in [1.165, 1.54) is 0 Å². The van der Waals surface area contributed by atoms with E-state index in [1.54, 1.807) is 12.3 Å². The lowest BCUT2D eigenvalue weighted by atomic mass is 9.76. The molecule has 4 nitrogen and oxygen atoms in total. The molecule has 4 heteroatoms. The number of likely N-dealkylation sites (tertiary alicyclic amines) is 1. The number of carboxylic acids is 1. The molecule has 1 fully saturated rings. The SMILES string of the molecule is C=CCC1(C(=O)O)CN(Cc2coc3ccccc23)C1. The Morgan fingerprint density at radius 2 is 2.20 bits per heavy atom. The zero-order valence-electron chi connectivity index (χ0n) is 11.2. The first kappa shape index (κ1) is 12.9. The number of carboxylic acid groups (broad SMARTS) is 1. The number of allylic oxidation sites excluding steroid dienone is 1. The third kappa shape index (κ3) is 2.02. The van der Waals surface area contributed by atoms with Gasteiger partial charge in [0.25, 0.3) is 0 Å². The predicted molar refractivity (Wildman–Crippen MR) is 76.4 cm³/mol. The summed E-state index contributed by atoms with van der Waals surface area (Å²) in [5.41, 5.74) is 1.33. The molecule has 0 spiro atoms. The van der Waals surface area contributed by atoms with Gasteiger partial charge in [0, 0.05) is 30.6 Å². The van der Waals surface area contributed by atoms with Crippen LogP contribution in [0.1, 0.15) is 12.0 Å². The first-order chi connectivity index (χ1) is 9.64. The van der Waals surface area contributed by atoms with Gasteiger partial charge in [0.2, 0.25) is 0 Å². The van der Waals surface area contributed by atoms with Crippen molar-refractivity contribution in [3.05, 3.63) is 48.7 Å². The minimum atomic E-state index is -0.731. The van der Waals surface area contributed by atoms with Crippen molar-refractivity contribution < 1.29 is 14.3 Å². The van der Waals surface area contributed by atoms with Gasteiger partial charge in [0.05, 0.1) is 11.7 Å². The Bertz CT molecular complexity index is 653. The van der Waals surface area contributed by atoms with Gasteiger partial charge in [-0.15, -0.1) is 6.58 Å². The second-order valence-electron chi connectivity index (χ2n) is 5.48. The molecule has 1 N–H and O–H groups in total. The summed E-state index contributed by atoms with van der Waals surface area (Å²) in [6.07, 6.45) is 3.97. The number of carbonyl (C=O) groups is 1. The Labute approximate surface area is 117 Å². The van der Waals surface area contributed by atoms with Crippen LogP contribution in [0.15, 0.2) is 47.6 Å². The van der Waals surface area contributed by atoms with E-state index in [1.807, 2.05) is 24.3 Å². The lowest BCUT2D eigenvalue weighted by Gasteiger charge is -2.46. The van der Waals surface area contributed by atoms with Crippen molar-refractivity contribution in [2.24, 2.45) is 5.41 Å². The van der Waals surface area contributed by atoms with E-state index in [-0.39, 0.29) is 0 Å². The molecule has 1 aromatic carbocycles. The minimum Gasteiger partial charge on any atom is -0.481 e. The molecular weight excluding hydrogens is 254 g/mol. The lowest BCUT2D eigenvalue weighted by molar-refractivity contribution is -0.160. The maximum atomic E-state index is 11.4. The number of aliphatic carboxylic acids is 1. The number of para-hydroxylation sites is 1. The van der Waals surface area contributed by atoms with Crippen LogP contribution in [0.4, 0.5) is 0 Å². The van der Waals surface area contributed by atoms with Crippen LogP contribution in [0.3, 0.4) is 0 Å². The molecule has 20 heavy (non-hydrogen) atoms. The molecular formula is C16H17NO3. The number of hydrogen-bond donors (Lipinski definition) is 1. The van der Waals surface area contributed by atoms with E-state index in [4.69, 9.17) is 4.42 Å². The summed E-state index contributed by atoms with van der Waals surface area (Å²) in [5, 5.41) is 10.4. The summed E-state index contributed by atoms with van der Waals surface area (Å²) in [7, 11) is 0. The fourth-order valence-corrected chi connectivity index (χ4v) is 2.95. The van der Waals surface area contributed by atoms with Crippen molar-refractivity contribution >= 4 is 16.9 Å². The van der Waals surface area contributed by atoms with Gasteiger partial charge in [-0.25, -0.2) is 0 Å². The smallest absolute Gasteiger partial charge is 0.312 e. The fourth-order valence-electron chi connectivity index (χ4n) is 2.95. The van der Waals surface area contributed by atoms with E-state index in [0.29, 0.717) is 19.5 Å². The Kier molecular flexibility index (Phi) is 3.10. The highest BCUT2D eigenvalue weighted by Gasteiger charge is 2.48. The Morgan fingerprint density at radius 1 is 1.45 bits per heavy atom. The second kappa shape index (κ2) is 4.80. The molecule has 3 rings (SSSR count). The molecule has 0 atom stereocenters. The molecule has 1 aromatic heterocycles. The Morgan fingerprint density at radius 3 is 2.90 bits per heavy atom. The van der Waals surface area contributed by atoms with Crippen LogP contribution in [0.5, 0.6) is 0 Å². The van der Waals surface area contributed by atoms with Crippen LogP contribution in [-0.4, -0.2) is 29.1 Å². The maximum Gasteiger partial charge on any atom is 0.312 e. The standard InChI is InChI=1S/C16H17NO3/c1-2-7-16(15(18)19)10-17(11-16)8-12-9-20-14-6-4-3-5-13(12)14/h2-6,9H,1,7-8,10-11H2,(H,18,19). The van der Waals surface area contributed by atoms with Gasteiger partial charge < -0.3 is 9.52 Å². The van der Waals surface area contributed by atoms with E-state index in [2.05, 4.69) is 11.5 Å². The Hall–Kier alpha value is -2.07. The summed E-state index contributed by atoms with van der Waals surface area (Å²) in [4.78, 5) is 13.5. The summed E-state index contributed by atoms with van der Waals surface area (Å²) in [6.45, 7) is 5.51. The van der Waals surface area contributed by atoms with Gasteiger partial charge in [-0.05, 0) is 12.5 Å². The van der Waals surface area contributed by atoms with Gasteiger partial charge >= 0.3 is 5.97 Å².